The summed E-state index contributed by atoms with van der Waals surface area (Å²) in [6.07, 6.45) is 0. The molecule has 3 rings (SSSR count). The average Bonchev–Trinajstić information content (AvgIpc) is 2.84. The van der Waals surface area contributed by atoms with Crippen molar-refractivity contribution < 1.29 is 14.3 Å². The minimum atomic E-state index is 0.0532. The second-order valence-corrected chi connectivity index (χ2v) is 5.27. The van der Waals surface area contributed by atoms with Gasteiger partial charge in [-0.05, 0) is 36.4 Å². The smallest absolute Gasteiger partial charge is 0.177 e. The van der Waals surface area contributed by atoms with Crippen LogP contribution in [0.5, 0.6) is 11.5 Å². The normalized spacial score (nSPS) is 11.0. The topological polar surface area (TPSA) is 42.6 Å². The third-order valence-corrected chi connectivity index (χ3v) is 3.50. The number of ether oxygens (including phenoxy) is 1. The van der Waals surface area contributed by atoms with Gasteiger partial charge in [-0.15, -0.1) is 11.6 Å². The predicted octanol–water partition coefficient (Wildman–Crippen LogP) is 5.08. The molecule has 0 amide bonds. The Morgan fingerprint density at radius 2 is 1.86 bits per heavy atom. The minimum absolute atomic E-state index is 0.0532. The molecule has 0 fully saturated rings. The summed E-state index contributed by atoms with van der Waals surface area (Å²) >= 11 is 11.5. The molecule has 3 aromatic rings. The van der Waals surface area contributed by atoms with Crippen molar-refractivity contribution in [3.8, 4) is 22.8 Å². The zero-order valence-electron chi connectivity index (χ0n) is 11.0. The van der Waals surface area contributed by atoms with Crippen molar-refractivity contribution in [1.82, 2.24) is 0 Å². The first-order chi connectivity index (χ1) is 10.2. The molecular formula is C16H12Cl2O3. The van der Waals surface area contributed by atoms with E-state index < -0.39 is 0 Å². The van der Waals surface area contributed by atoms with Crippen LogP contribution in [0.4, 0.5) is 0 Å². The van der Waals surface area contributed by atoms with Crippen molar-refractivity contribution in [2.45, 2.75) is 0 Å². The van der Waals surface area contributed by atoms with Crippen LogP contribution >= 0.6 is 23.2 Å². The Kier molecular flexibility index (Phi) is 3.95. The highest BCUT2D eigenvalue weighted by atomic mass is 35.5. The summed E-state index contributed by atoms with van der Waals surface area (Å²) in [4.78, 5) is 0. The van der Waals surface area contributed by atoms with E-state index in [2.05, 4.69) is 0 Å². The predicted molar refractivity (Wildman–Crippen MR) is 84.5 cm³/mol. The number of furan rings is 1. The second-order valence-electron chi connectivity index (χ2n) is 4.45. The van der Waals surface area contributed by atoms with Crippen LogP contribution < -0.4 is 4.74 Å². The Bertz CT molecular complexity index is 763. The lowest BCUT2D eigenvalue weighted by Gasteiger charge is -2.04. The molecule has 2 aromatic carbocycles. The van der Waals surface area contributed by atoms with Gasteiger partial charge in [-0.25, -0.2) is 0 Å². The highest BCUT2D eigenvalue weighted by Crippen LogP contribution is 2.43. The Labute approximate surface area is 131 Å². The Morgan fingerprint density at radius 1 is 1.10 bits per heavy atom. The molecule has 0 aliphatic rings. The van der Waals surface area contributed by atoms with Crippen molar-refractivity contribution in [3.63, 3.8) is 0 Å². The molecule has 0 spiro atoms. The van der Waals surface area contributed by atoms with E-state index in [1.54, 1.807) is 42.5 Å². The van der Waals surface area contributed by atoms with E-state index in [0.717, 1.165) is 5.56 Å². The molecule has 0 bridgehead atoms. The summed E-state index contributed by atoms with van der Waals surface area (Å²) in [6, 6.07) is 12.4. The van der Waals surface area contributed by atoms with Gasteiger partial charge in [-0.3, -0.25) is 0 Å². The molecule has 0 unspecified atom stereocenters. The molecule has 0 radical (unpaired) electrons. The van der Waals surface area contributed by atoms with Crippen LogP contribution in [-0.2, 0) is 0 Å². The molecule has 0 aliphatic heterocycles. The Hall–Kier alpha value is -1.84. The van der Waals surface area contributed by atoms with Gasteiger partial charge in [0.1, 0.15) is 23.3 Å². The van der Waals surface area contributed by atoms with Crippen LogP contribution in [0, 0.1) is 0 Å². The maximum Gasteiger partial charge on any atom is 0.177 e. The van der Waals surface area contributed by atoms with E-state index >= 15 is 0 Å². The number of rotatable bonds is 4. The van der Waals surface area contributed by atoms with Crippen molar-refractivity contribution in [2.24, 2.45) is 0 Å². The van der Waals surface area contributed by atoms with Gasteiger partial charge in [0.05, 0.1) is 5.88 Å². The molecule has 0 saturated heterocycles. The van der Waals surface area contributed by atoms with Crippen LogP contribution in [0.15, 0.2) is 46.9 Å². The molecule has 1 aromatic heterocycles. The van der Waals surface area contributed by atoms with Crippen LogP contribution in [0.3, 0.4) is 0 Å². The first-order valence-corrected chi connectivity index (χ1v) is 7.31. The van der Waals surface area contributed by atoms with Gasteiger partial charge < -0.3 is 14.3 Å². The van der Waals surface area contributed by atoms with Gasteiger partial charge in [0, 0.05) is 10.6 Å². The first-order valence-electron chi connectivity index (χ1n) is 6.40. The number of aromatic hydroxyl groups is 1. The molecular weight excluding hydrogens is 311 g/mol. The number of halogens is 2. The van der Waals surface area contributed by atoms with Crippen LogP contribution in [-0.4, -0.2) is 17.6 Å². The minimum Gasteiger partial charge on any atom is -0.504 e. The monoisotopic (exact) mass is 322 g/mol. The largest absolute Gasteiger partial charge is 0.504 e. The van der Waals surface area contributed by atoms with E-state index in [0.29, 0.717) is 40.0 Å². The highest BCUT2D eigenvalue weighted by Gasteiger charge is 2.18. The van der Waals surface area contributed by atoms with E-state index in [1.807, 2.05) is 0 Å². The zero-order valence-corrected chi connectivity index (χ0v) is 12.5. The third-order valence-electron chi connectivity index (χ3n) is 3.09. The Morgan fingerprint density at radius 3 is 2.57 bits per heavy atom. The molecule has 5 heteroatoms. The molecule has 108 valence electrons. The van der Waals surface area contributed by atoms with E-state index in [4.69, 9.17) is 32.4 Å². The summed E-state index contributed by atoms with van der Waals surface area (Å²) in [5, 5.41) is 11.6. The van der Waals surface area contributed by atoms with Crippen molar-refractivity contribution >= 4 is 34.2 Å². The average molecular weight is 323 g/mol. The fraction of sp³-hybridized carbons (Fsp3) is 0.125. The fourth-order valence-electron chi connectivity index (χ4n) is 2.17. The maximum atomic E-state index is 10.5. The van der Waals surface area contributed by atoms with Gasteiger partial charge in [0.25, 0.3) is 0 Å². The molecule has 1 heterocycles. The first kappa shape index (κ1) is 14.1. The van der Waals surface area contributed by atoms with Crippen molar-refractivity contribution in [2.75, 3.05) is 12.5 Å². The molecule has 3 nitrogen and oxygen atoms in total. The quantitative estimate of drug-likeness (QED) is 0.681. The fourth-order valence-corrected chi connectivity index (χ4v) is 2.37. The van der Waals surface area contributed by atoms with E-state index in [-0.39, 0.29) is 5.75 Å². The lowest BCUT2D eigenvalue weighted by molar-refractivity contribution is 0.345. The number of fused-ring (bicyclic) bond motifs is 1. The SMILES string of the molecule is Oc1c(-c2ccc(Cl)cc2)oc2cccc(OCCCl)c12. The maximum absolute atomic E-state index is 10.5. The van der Waals surface area contributed by atoms with Gasteiger partial charge in [-0.2, -0.15) is 0 Å². The van der Waals surface area contributed by atoms with Gasteiger partial charge >= 0.3 is 0 Å². The summed E-state index contributed by atoms with van der Waals surface area (Å²) in [7, 11) is 0. The van der Waals surface area contributed by atoms with Crippen LogP contribution in [0.2, 0.25) is 5.02 Å². The second kappa shape index (κ2) is 5.88. The van der Waals surface area contributed by atoms with Crippen molar-refractivity contribution in [1.29, 1.82) is 0 Å². The Balaban J connectivity index is 2.13. The number of hydrogen-bond donors (Lipinski definition) is 1. The summed E-state index contributed by atoms with van der Waals surface area (Å²) in [5.41, 5.74) is 1.31. The third kappa shape index (κ3) is 2.67. The molecule has 1 N–H and O–H groups in total. The number of hydrogen-bond acceptors (Lipinski definition) is 3. The summed E-state index contributed by atoms with van der Waals surface area (Å²) in [6.45, 7) is 0.363. The summed E-state index contributed by atoms with van der Waals surface area (Å²) in [5.74, 6) is 1.37. The number of benzene rings is 2. The lowest BCUT2D eigenvalue weighted by atomic mass is 10.1. The molecule has 0 saturated carbocycles. The standard InChI is InChI=1S/C16H12Cl2O3/c17-8-9-20-12-2-1-3-13-14(12)15(19)16(21-13)10-4-6-11(18)7-5-10/h1-7,19H,8-9H2. The van der Waals surface area contributed by atoms with Gasteiger partial charge in [-0.1, -0.05) is 17.7 Å². The molecule has 0 atom stereocenters. The number of alkyl halides is 1. The molecule has 0 aliphatic carbocycles. The van der Waals surface area contributed by atoms with Gasteiger partial charge in [0.15, 0.2) is 11.5 Å². The highest BCUT2D eigenvalue weighted by molar-refractivity contribution is 6.30. The van der Waals surface area contributed by atoms with E-state index in [9.17, 15) is 5.11 Å². The zero-order chi connectivity index (χ0) is 14.8. The van der Waals surface area contributed by atoms with Crippen LogP contribution in [0.25, 0.3) is 22.3 Å². The van der Waals surface area contributed by atoms with E-state index in [1.165, 1.54) is 0 Å². The van der Waals surface area contributed by atoms with Gasteiger partial charge in [0.2, 0.25) is 0 Å². The lowest BCUT2D eigenvalue weighted by Crippen LogP contribution is -1.97. The van der Waals surface area contributed by atoms with Crippen LogP contribution in [0.1, 0.15) is 0 Å². The van der Waals surface area contributed by atoms with Crippen molar-refractivity contribution in [3.05, 3.63) is 47.5 Å². The molecule has 21 heavy (non-hydrogen) atoms. The summed E-state index contributed by atoms with van der Waals surface area (Å²) < 4.78 is 11.3.